The van der Waals surface area contributed by atoms with Gasteiger partial charge in [-0.3, -0.25) is 4.98 Å². The van der Waals surface area contributed by atoms with Crippen molar-refractivity contribution >= 4 is 5.97 Å². The molecular formula is C11H14N2O2. The SMILES string of the molecule is O=C(O)c1cncc([C@H]2CCCCN2)c1. The molecule has 0 aliphatic carbocycles. The van der Waals surface area contributed by atoms with Gasteiger partial charge in [0.2, 0.25) is 0 Å². The first-order valence-electron chi connectivity index (χ1n) is 5.19. The van der Waals surface area contributed by atoms with Crippen LogP contribution in [0.1, 0.15) is 41.2 Å². The van der Waals surface area contributed by atoms with Crippen molar-refractivity contribution in [2.45, 2.75) is 25.3 Å². The Balaban J connectivity index is 2.19. The smallest absolute Gasteiger partial charge is 0.337 e. The van der Waals surface area contributed by atoms with Gasteiger partial charge in [-0.1, -0.05) is 6.42 Å². The summed E-state index contributed by atoms with van der Waals surface area (Å²) in [6, 6.07) is 1.98. The summed E-state index contributed by atoms with van der Waals surface area (Å²) in [5.41, 5.74) is 1.24. The number of hydrogen-bond acceptors (Lipinski definition) is 3. The van der Waals surface area contributed by atoms with Crippen molar-refractivity contribution in [2.24, 2.45) is 0 Å². The number of rotatable bonds is 2. The summed E-state index contributed by atoms with van der Waals surface area (Å²) >= 11 is 0. The Morgan fingerprint density at radius 1 is 1.47 bits per heavy atom. The van der Waals surface area contributed by atoms with Crippen LogP contribution in [0.25, 0.3) is 0 Å². The minimum absolute atomic E-state index is 0.264. The first-order chi connectivity index (χ1) is 7.27. The lowest BCUT2D eigenvalue weighted by molar-refractivity contribution is 0.0696. The van der Waals surface area contributed by atoms with Crippen LogP contribution in [0, 0.1) is 0 Å². The molecule has 80 valence electrons. The Morgan fingerprint density at radius 2 is 2.33 bits per heavy atom. The van der Waals surface area contributed by atoms with Crippen molar-refractivity contribution in [2.75, 3.05) is 6.54 Å². The van der Waals surface area contributed by atoms with E-state index in [0.29, 0.717) is 0 Å². The summed E-state index contributed by atoms with van der Waals surface area (Å²) < 4.78 is 0. The van der Waals surface area contributed by atoms with Gasteiger partial charge >= 0.3 is 5.97 Å². The number of carboxylic acid groups (broad SMARTS) is 1. The maximum Gasteiger partial charge on any atom is 0.337 e. The molecule has 1 aromatic rings. The molecule has 0 spiro atoms. The Labute approximate surface area is 88.3 Å². The van der Waals surface area contributed by atoms with Crippen LogP contribution in [-0.2, 0) is 0 Å². The van der Waals surface area contributed by atoms with Crippen molar-refractivity contribution < 1.29 is 9.90 Å². The average Bonchev–Trinajstić information content (AvgIpc) is 2.30. The Morgan fingerprint density at radius 3 is 3.00 bits per heavy atom. The number of carboxylic acids is 1. The topological polar surface area (TPSA) is 62.2 Å². The van der Waals surface area contributed by atoms with E-state index in [1.165, 1.54) is 19.0 Å². The molecule has 1 saturated heterocycles. The molecule has 0 radical (unpaired) electrons. The summed E-state index contributed by atoms with van der Waals surface area (Å²) in [6.45, 7) is 1.00. The fraction of sp³-hybridized carbons (Fsp3) is 0.455. The van der Waals surface area contributed by atoms with Crippen molar-refractivity contribution in [3.05, 3.63) is 29.6 Å². The maximum atomic E-state index is 10.8. The lowest BCUT2D eigenvalue weighted by Gasteiger charge is -2.23. The van der Waals surface area contributed by atoms with E-state index in [2.05, 4.69) is 10.3 Å². The molecule has 2 N–H and O–H groups in total. The Bertz CT molecular complexity index is 359. The predicted molar refractivity (Wildman–Crippen MR) is 55.8 cm³/mol. The molecule has 2 rings (SSSR count). The lowest BCUT2D eigenvalue weighted by atomic mass is 9.98. The van der Waals surface area contributed by atoms with Crippen molar-refractivity contribution in [3.8, 4) is 0 Å². The van der Waals surface area contributed by atoms with E-state index in [4.69, 9.17) is 5.11 Å². The van der Waals surface area contributed by atoms with Crippen LogP contribution >= 0.6 is 0 Å². The van der Waals surface area contributed by atoms with Gasteiger partial charge in [-0.2, -0.15) is 0 Å². The number of piperidine rings is 1. The molecule has 4 heteroatoms. The number of nitrogens with one attached hydrogen (secondary N) is 1. The van der Waals surface area contributed by atoms with Gasteiger partial charge in [0.15, 0.2) is 0 Å². The summed E-state index contributed by atoms with van der Waals surface area (Å²) in [6.07, 6.45) is 6.58. The van der Waals surface area contributed by atoms with Crippen LogP contribution in [0.15, 0.2) is 18.5 Å². The average molecular weight is 206 g/mol. The lowest BCUT2D eigenvalue weighted by Crippen LogP contribution is -2.27. The van der Waals surface area contributed by atoms with E-state index in [-0.39, 0.29) is 11.6 Å². The van der Waals surface area contributed by atoms with Crippen LogP contribution in [0.5, 0.6) is 0 Å². The highest BCUT2D eigenvalue weighted by atomic mass is 16.4. The van der Waals surface area contributed by atoms with Crippen molar-refractivity contribution in [3.63, 3.8) is 0 Å². The van der Waals surface area contributed by atoms with Crippen LogP contribution in [0.2, 0.25) is 0 Å². The molecule has 1 fully saturated rings. The van der Waals surface area contributed by atoms with E-state index in [1.54, 1.807) is 12.3 Å². The normalized spacial score (nSPS) is 21.2. The van der Waals surface area contributed by atoms with Crippen LogP contribution < -0.4 is 5.32 Å². The standard InChI is InChI=1S/C11H14N2O2/c14-11(15)9-5-8(6-12-7-9)10-3-1-2-4-13-10/h5-7,10,13H,1-4H2,(H,14,15)/t10-/m1/s1. The third kappa shape index (κ3) is 2.33. The summed E-state index contributed by atoms with van der Waals surface area (Å²) in [7, 11) is 0. The van der Waals surface area contributed by atoms with E-state index in [9.17, 15) is 4.79 Å². The Hall–Kier alpha value is -1.42. The summed E-state index contributed by atoms with van der Waals surface area (Å²) in [4.78, 5) is 14.7. The van der Waals surface area contributed by atoms with Gasteiger partial charge in [-0.05, 0) is 31.0 Å². The predicted octanol–water partition coefficient (Wildman–Crippen LogP) is 1.59. The molecule has 0 unspecified atom stereocenters. The largest absolute Gasteiger partial charge is 0.478 e. The van der Waals surface area contributed by atoms with Gasteiger partial charge in [0.05, 0.1) is 5.56 Å². The number of hydrogen-bond donors (Lipinski definition) is 2. The van der Waals surface area contributed by atoms with Gasteiger partial charge in [0.25, 0.3) is 0 Å². The number of aromatic nitrogens is 1. The minimum Gasteiger partial charge on any atom is -0.478 e. The summed E-state index contributed by atoms with van der Waals surface area (Å²) in [5.74, 6) is -0.917. The van der Waals surface area contributed by atoms with E-state index >= 15 is 0 Å². The fourth-order valence-electron chi connectivity index (χ4n) is 1.90. The number of nitrogens with zero attached hydrogens (tertiary/aromatic N) is 1. The van der Waals surface area contributed by atoms with Gasteiger partial charge in [0.1, 0.15) is 0 Å². The van der Waals surface area contributed by atoms with Crippen LogP contribution in [0.4, 0.5) is 0 Å². The molecule has 0 amide bonds. The molecular weight excluding hydrogens is 192 g/mol. The second-order valence-electron chi connectivity index (χ2n) is 3.81. The van der Waals surface area contributed by atoms with Crippen molar-refractivity contribution in [1.29, 1.82) is 0 Å². The highest BCUT2D eigenvalue weighted by Crippen LogP contribution is 2.22. The number of pyridine rings is 1. The molecule has 1 atom stereocenters. The highest BCUT2D eigenvalue weighted by Gasteiger charge is 2.16. The van der Waals surface area contributed by atoms with E-state index in [1.807, 2.05) is 0 Å². The summed E-state index contributed by atoms with van der Waals surface area (Å²) in [5, 5.41) is 12.2. The molecule has 0 bridgehead atoms. The van der Waals surface area contributed by atoms with Crippen LogP contribution in [0.3, 0.4) is 0 Å². The van der Waals surface area contributed by atoms with Crippen LogP contribution in [-0.4, -0.2) is 22.6 Å². The van der Waals surface area contributed by atoms with E-state index in [0.717, 1.165) is 18.5 Å². The Kier molecular flexibility index (Phi) is 2.97. The quantitative estimate of drug-likeness (QED) is 0.771. The zero-order valence-corrected chi connectivity index (χ0v) is 8.44. The molecule has 1 aliphatic heterocycles. The molecule has 0 aromatic carbocycles. The third-order valence-electron chi connectivity index (χ3n) is 2.72. The fourth-order valence-corrected chi connectivity index (χ4v) is 1.90. The van der Waals surface area contributed by atoms with Gasteiger partial charge < -0.3 is 10.4 Å². The van der Waals surface area contributed by atoms with Gasteiger partial charge in [-0.25, -0.2) is 4.79 Å². The molecule has 2 heterocycles. The van der Waals surface area contributed by atoms with Gasteiger partial charge in [-0.15, -0.1) is 0 Å². The van der Waals surface area contributed by atoms with Crippen molar-refractivity contribution in [1.82, 2.24) is 10.3 Å². The maximum absolute atomic E-state index is 10.8. The third-order valence-corrected chi connectivity index (χ3v) is 2.72. The minimum atomic E-state index is -0.917. The first kappa shape index (κ1) is 10.1. The highest BCUT2D eigenvalue weighted by molar-refractivity contribution is 5.87. The number of carbonyl (C=O) groups is 1. The zero-order chi connectivity index (χ0) is 10.7. The first-order valence-corrected chi connectivity index (χ1v) is 5.19. The molecule has 1 aromatic heterocycles. The second-order valence-corrected chi connectivity index (χ2v) is 3.81. The van der Waals surface area contributed by atoms with E-state index < -0.39 is 5.97 Å². The molecule has 15 heavy (non-hydrogen) atoms. The zero-order valence-electron chi connectivity index (χ0n) is 8.44. The molecule has 4 nitrogen and oxygen atoms in total. The second kappa shape index (κ2) is 4.40. The molecule has 0 saturated carbocycles. The number of aromatic carboxylic acids is 1. The van der Waals surface area contributed by atoms with Gasteiger partial charge in [0, 0.05) is 18.4 Å². The molecule has 1 aliphatic rings. The monoisotopic (exact) mass is 206 g/mol.